The second-order valence-electron chi connectivity index (χ2n) is 5.97. The van der Waals surface area contributed by atoms with E-state index in [1.807, 2.05) is 32.3 Å². The summed E-state index contributed by atoms with van der Waals surface area (Å²) in [7, 11) is 4.08. The van der Waals surface area contributed by atoms with Gasteiger partial charge < -0.3 is 15.3 Å². The Morgan fingerprint density at radius 1 is 1.04 bits per heavy atom. The van der Waals surface area contributed by atoms with Crippen molar-refractivity contribution < 1.29 is 5.11 Å². The van der Waals surface area contributed by atoms with E-state index in [-0.39, 0.29) is 10.0 Å². The monoisotopic (exact) mass is 424 g/mol. The first-order valence-electron chi connectivity index (χ1n) is 7.89. The van der Waals surface area contributed by atoms with Crippen LogP contribution in [0.4, 0.5) is 5.69 Å². The standard InChI is InChI=1S/C19H25IN2O/c1-22(2)17-10-6-9-16(11-17)13-21-14-19(23)18(20)12-15-7-4-3-5-8-15/h3-11,18-19,21,23H,12-14H2,1-2H3/t18-,19+/m0/s1. The molecule has 0 aliphatic heterocycles. The molecule has 2 N–H and O–H groups in total. The molecule has 0 saturated carbocycles. The third-order valence-electron chi connectivity index (χ3n) is 3.80. The van der Waals surface area contributed by atoms with E-state index in [1.165, 1.54) is 16.8 Å². The number of nitrogens with one attached hydrogen (secondary N) is 1. The van der Waals surface area contributed by atoms with Gasteiger partial charge in [-0.2, -0.15) is 0 Å². The largest absolute Gasteiger partial charge is 0.391 e. The minimum absolute atomic E-state index is 0.204. The SMILES string of the molecule is CN(C)c1cccc(CNC[C@@H](O)[C@@H](I)Cc2ccccc2)c1. The molecule has 0 unspecified atom stereocenters. The normalized spacial score (nSPS) is 13.6. The molecular formula is C19H25IN2O. The maximum absolute atomic E-state index is 10.3. The number of hydrogen-bond acceptors (Lipinski definition) is 3. The van der Waals surface area contributed by atoms with E-state index in [0.29, 0.717) is 6.54 Å². The summed E-state index contributed by atoms with van der Waals surface area (Å²) < 4.78 is 0.204. The quantitative estimate of drug-likeness (QED) is 0.505. The molecule has 4 heteroatoms. The number of halogens is 1. The summed E-state index contributed by atoms with van der Waals surface area (Å²) in [6.07, 6.45) is 0.535. The molecule has 2 rings (SSSR count). The van der Waals surface area contributed by atoms with Crippen molar-refractivity contribution in [2.75, 3.05) is 25.5 Å². The molecule has 0 aromatic heterocycles. The van der Waals surface area contributed by atoms with Gasteiger partial charge in [0.05, 0.1) is 6.10 Å². The van der Waals surface area contributed by atoms with Gasteiger partial charge in [-0.25, -0.2) is 0 Å². The first-order chi connectivity index (χ1) is 11.1. The molecule has 23 heavy (non-hydrogen) atoms. The minimum atomic E-state index is -0.354. The predicted molar refractivity (Wildman–Crippen MR) is 106 cm³/mol. The molecular weight excluding hydrogens is 399 g/mol. The molecule has 3 nitrogen and oxygen atoms in total. The molecule has 2 atom stereocenters. The number of aliphatic hydroxyl groups excluding tert-OH is 1. The topological polar surface area (TPSA) is 35.5 Å². The van der Waals surface area contributed by atoms with Gasteiger partial charge in [0, 0.05) is 36.8 Å². The number of benzene rings is 2. The van der Waals surface area contributed by atoms with Crippen LogP contribution in [0, 0.1) is 0 Å². The van der Waals surface area contributed by atoms with Gasteiger partial charge in [0.1, 0.15) is 0 Å². The molecule has 2 aromatic rings. The summed E-state index contributed by atoms with van der Waals surface area (Å²) in [5.74, 6) is 0. The van der Waals surface area contributed by atoms with Crippen LogP contribution in [-0.4, -0.2) is 35.8 Å². The molecule has 0 spiro atoms. The highest BCUT2D eigenvalue weighted by atomic mass is 127. The minimum Gasteiger partial charge on any atom is -0.391 e. The van der Waals surface area contributed by atoms with Crippen molar-refractivity contribution in [3.05, 3.63) is 65.7 Å². The van der Waals surface area contributed by atoms with Gasteiger partial charge in [-0.15, -0.1) is 0 Å². The molecule has 0 fully saturated rings. The number of hydrogen-bond donors (Lipinski definition) is 2. The third kappa shape index (κ3) is 6.12. The van der Waals surface area contributed by atoms with Crippen LogP contribution < -0.4 is 10.2 Å². The van der Waals surface area contributed by atoms with Gasteiger partial charge in [-0.1, -0.05) is 65.1 Å². The lowest BCUT2D eigenvalue weighted by Gasteiger charge is -2.18. The summed E-state index contributed by atoms with van der Waals surface area (Å²) in [5.41, 5.74) is 3.70. The van der Waals surface area contributed by atoms with E-state index < -0.39 is 0 Å². The van der Waals surface area contributed by atoms with Crippen molar-refractivity contribution in [2.24, 2.45) is 0 Å². The van der Waals surface area contributed by atoms with Gasteiger partial charge in [-0.05, 0) is 29.7 Å². The van der Waals surface area contributed by atoms with Crippen molar-refractivity contribution in [1.82, 2.24) is 5.32 Å². The van der Waals surface area contributed by atoms with Crippen LogP contribution in [0.3, 0.4) is 0 Å². The lowest BCUT2D eigenvalue weighted by atomic mass is 10.1. The van der Waals surface area contributed by atoms with E-state index in [2.05, 4.69) is 69.2 Å². The Labute approximate surface area is 152 Å². The second-order valence-corrected chi connectivity index (χ2v) is 7.57. The summed E-state index contributed by atoms with van der Waals surface area (Å²) in [5, 5.41) is 13.7. The first kappa shape index (κ1) is 18.2. The Kier molecular flexibility index (Phi) is 7.33. The molecule has 0 bridgehead atoms. The molecule has 2 aromatic carbocycles. The molecule has 0 saturated heterocycles. The summed E-state index contributed by atoms with van der Waals surface area (Å²) in [6, 6.07) is 18.8. The molecule has 0 amide bonds. The van der Waals surface area contributed by atoms with Gasteiger partial charge >= 0.3 is 0 Å². The van der Waals surface area contributed by atoms with Crippen LogP contribution >= 0.6 is 22.6 Å². The van der Waals surface area contributed by atoms with Crippen molar-refractivity contribution in [3.63, 3.8) is 0 Å². The Morgan fingerprint density at radius 2 is 1.74 bits per heavy atom. The van der Waals surface area contributed by atoms with Crippen LogP contribution in [0.1, 0.15) is 11.1 Å². The average Bonchev–Trinajstić information content (AvgIpc) is 2.56. The van der Waals surface area contributed by atoms with Crippen molar-refractivity contribution >= 4 is 28.3 Å². The van der Waals surface area contributed by atoms with Crippen molar-refractivity contribution in [1.29, 1.82) is 0 Å². The number of aliphatic hydroxyl groups is 1. The zero-order chi connectivity index (χ0) is 16.7. The summed E-state index contributed by atoms with van der Waals surface area (Å²) in [4.78, 5) is 2.10. The summed E-state index contributed by atoms with van der Waals surface area (Å²) >= 11 is 2.34. The van der Waals surface area contributed by atoms with Gasteiger partial charge in [0.25, 0.3) is 0 Å². The van der Waals surface area contributed by atoms with Crippen LogP contribution in [0.5, 0.6) is 0 Å². The molecule has 124 valence electrons. The van der Waals surface area contributed by atoms with E-state index in [1.54, 1.807) is 0 Å². The summed E-state index contributed by atoms with van der Waals surface area (Å²) in [6.45, 7) is 1.38. The third-order valence-corrected chi connectivity index (χ3v) is 5.07. The maximum atomic E-state index is 10.3. The van der Waals surface area contributed by atoms with E-state index >= 15 is 0 Å². The van der Waals surface area contributed by atoms with Crippen molar-refractivity contribution in [2.45, 2.75) is 23.0 Å². The van der Waals surface area contributed by atoms with Gasteiger partial charge in [0.2, 0.25) is 0 Å². The number of anilines is 1. The Hall–Kier alpha value is -1.11. The molecule has 0 aliphatic rings. The lowest BCUT2D eigenvalue weighted by Crippen LogP contribution is -2.34. The highest BCUT2D eigenvalue weighted by Crippen LogP contribution is 2.15. The highest BCUT2D eigenvalue weighted by molar-refractivity contribution is 14.1. The van der Waals surface area contributed by atoms with Gasteiger partial charge in [0.15, 0.2) is 0 Å². The fourth-order valence-corrected chi connectivity index (χ4v) is 3.17. The van der Waals surface area contributed by atoms with Gasteiger partial charge in [-0.3, -0.25) is 0 Å². The maximum Gasteiger partial charge on any atom is 0.0785 e. The predicted octanol–water partition coefficient (Wildman–Crippen LogP) is 3.25. The molecule has 0 heterocycles. The smallest absolute Gasteiger partial charge is 0.0785 e. The number of nitrogens with zero attached hydrogens (tertiary/aromatic N) is 1. The van der Waals surface area contributed by atoms with E-state index in [0.717, 1.165) is 13.0 Å². The second kappa shape index (κ2) is 9.25. The number of rotatable bonds is 8. The zero-order valence-corrected chi connectivity index (χ0v) is 15.9. The Balaban J connectivity index is 1.78. The van der Waals surface area contributed by atoms with Crippen LogP contribution in [-0.2, 0) is 13.0 Å². The number of alkyl halides is 1. The Morgan fingerprint density at radius 3 is 2.43 bits per heavy atom. The van der Waals surface area contributed by atoms with Crippen LogP contribution in [0.15, 0.2) is 54.6 Å². The lowest BCUT2D eigenvalue weighted by molar-refractivity contribution is 0.172. The fourth-order valence-electron chi connectivity index (χ4n) is 2.41. The zero-order valence-electron chi connectivity index (χ0n) is 13.7. The first-order valence-corrected chi connectivity index (χ1v) is 9.14. The molecule has 0 radical (unpaired) electrons. The average molecular weight is 424 g/mol. The van der Waals surface area contributed by atoms with Crippen LogP contribution in [0.2, 0.25) is 0 Å². The Bertz CT molecular complexity index is 589. The fraction of sp³-hybridized carbons (Fsp3) is 0.368. The van der Waals surface area contributed by atoms with Crippen LogP contribution in [0.25, 0.3) is 0 Å². The molecule has 0 aliphatic carbocycles. The highest BCUT2D eigenvalue weighted by Gasteiger charge is 2.15. The van der Waals surface area contributed by atoms with Crippen molar-refractivity contribution in [3.8, 4) is 0 Å². The van der Waals surface area contributed by atoms with E-state index in [4.69, 9.17) is 0 Å². The van der Waals surface area contributed by atoms with E-state index in [9.17, 15) is 5.11 Å².